The second-order valence-electron chi connectivity index (χ2n) is 2.63. The van der Waals surface area contributed by atoms with E-state index in [-0.39, 0.29) is 12.0 Å². The number of anilines is 1. The molecule has 0 aliphatic rings. The highest BCUT2D eigenvalue weighted by molar-refractivity contribution is 5.53. The highest BCUT2D eigenvalue weighted by atomic mass is 16.5. The number of nitrogens with zero attached hydrogens (tertiary/aromatic N) is 5. The summed E-state index contributed by atoms with van der Waals surface area (Å²) in [4.78, 5) is 19.4. The molecule has 0 saturated heterocycles. The van der Waals surface area contributed by atoms with Crippen molar-refractivity contribution in [2.45, 2.75) is 0 Å². The van der Waals surface area contributed by atoms with Gasteiger partial charge in [0.05, 0.1) is 12.7 Å². The fourth-order valence-electron chi connectivity index (χ4n) is 1.01. The van der Waals surface area contributed by atoms with Crippen LogP contribution in [0.25, 0.3) is 11.4 Å². The Balaban J connectivity index is 2.49. The van der Waals surface area contributed by atoms with E-state index >= 15 is 0 Å². The van der Waals surface area contributed by atoms with Gasteiger partial charge in [0.2, 0.25) is 5.95 Å². The highest BCUT2D eigenvalue weighted by Crippen LogP contribution is 2.14. The van der Waals surface area contributed by atoms with Gasteiger partial charge in [0.25, 0.3) is 0 Å². The quantitative estimate of drug-likeness (QED) is 0.730. The fraction of sp³-hybridized carbons (Fsp3) is 0.125. The minimum Gasteiger partial charge on any atom is -0.467 e. The minimum absolute atomic E-state index is 0.0979. The van der Waals surface area contributed by atoms with Crippen molar-refractivity contribution in [3.8, 4) is 17.4 Å². The molecular formula is C8H8N6O. The van der Waals surface area contributed by atoms with Crippen LogP contribution in [0.15, 0.2) is 18.7 Å². The Bertz CT molecular complexity index is 460. The third-order valence-electron chi connectivity index (χ3n) is 1.63. The van der Waals surface area contributed by atoms with Crippen molar-refractivity contribution in [3.05, 3.63) is 18.7 Å². The lowest BCUT2D eigenvalue weighted by Crippen LogP contribution is -2.02. The van der Waals surface area contributed by atoms with Crippen LogP contribution in [0.5, 0.6) is 6.01 Å². The van der Waals surface area contributed by atoms with Crippen molar-refractivity contribution in [1.29, 1.82) is 0 Å². The first-order valence-corrected chi connectivity index (χ1v) is 4.10. The molecule has 2 aromatic rings. The lowest BCUT2D eigenvalue weighted by molar-refractivity contribution is 0.379. The summed E-state index contributed by atoms with van der Waals surface area (Å²) in [6.07, 6.45) is 4.59. The summed E-state index contributed by atoms with van der Waals surface area (Å²) in [5.74, 6) is 0.487. The average molecular weight is 204 g/mol. The molecule has 0 aromatic carbocycles. The van der Waals surface area contributed by atoms with Crippen molar-refractivity contribution >= 4 is 5.95 Å². The van der Waals surface area contributed by atoms with Crippen LogP contribution in [0, 0.1) is 0 Å². The van der Waals surface area contributed by atoms with Crippen LogP contribution >= 0.6 is 0 Å². The number of rotatable bonds is 2. The van der Waals surface area contributed by atoms with Gasteiger partial charge in [-0.1, -0.05) is 0 Å². The third kappa shape index (κ3) is 1.96. The van der Waals surface area contributed by atoms with Gasteiger partial charge < -0.3 is 10.5 Å². The van der Waals surface area contributed by atoms with Gasteiger partial charge in [0, 0.05) is 12.4 Å². The molecule has 0 amide bonds. The summed E-state index contributed by atoms with van der Waals surface area (Å²) in [6.45, 7) is 0. The summed E-state index contributed by atoms with van der Waals surface area (Å²) in [5.41, 5.74) is 6.15. The van der Waals surface area contributed by atoms with Gasteiger partial charge in [-0.2, -0.15) is 15.0 Å². The van der Waals surface area contributed by atoms with E-state index < -0.39 is 0 Å². The van der Waals surface area contributed by atoms with E-state index in [1.54, 1.807) is 12.4 Å². The number of ether oxygens (including phenoxy) is 1. The molecule has 2 rings (SSSR count). The molecule has 2 heterocycles. The average Bonchev–Trinajstić information content (AvgIpc) is 2.29. The number of hydrogen-bond acceptors (Lipinski definition) is 7. The maximum absolute atomic E-state index is 5.49. The monoisotopic (exact) mass is 204 g/mol. The van der Waals surface area contributed by atoms with E-state index in [9.17, 15) is 0 Å². The van der Waals surface area contributed by atoms with Crippen molar-refractivity contribution < 1.29 is 4.74 Å². The van der Waals surface area contributed by atoms with E-state index in [4.69, 9.17) is 10.5 Å². The van der Waals surface area contributed by atoms with Crippen LogP contribution in [0.1, 0.15) is 0 Å². The van der Waals surface area contributed by atoms with Crippen LogP contribution < -0.4 is 10.5 Å². The van der Waals surface area contributed by atoms with Crippen LogP contribution in [0.4, 0.5) is 5.95 Å². The van der Waals surface area contributed by atoms with Gasteiger partial charge in [0.1, 0.15) is 6.33 Å². The zero-order valence-electron chi connectivity index (χ0n) is 7.95. The van der Waals surface area contributed by atoms with Crippen LogP contribution in [0.3, 0.4) is 0 Å². The lowest BCUT2D eigenvalue weighted by Gasteiger charge is -2.02. The number of hydrogen-bond donors (Lipinski definition) is 1. The van der Waals surface area contributed by atoms with Crippen LogP contribution in [-0.4, -0.2) is 32.0 Å². The number of aromatic nitrogens is 5. The molecule has 76 valence electrons. The molecule has 0 bridgehead atoms. The molecule has 15 heavy (non-hydrogen) atoms. The summed E-state index contributed by atoms with van der Waals surface area (Å²) < 4.78 is 4.87. The first-order chi connectivity index (χ1) is 7.29. The molecule has 0 aliphatic carbocycles. The number of methoxy groups -OCH3 is 1. The third-order valence-corrected chi connectivity index (χ3v) is 1.63. The normalized spacial score (nSPS) is 9.93. The minimum atomic E-state index is 0.0979. The SMILES string of the molecule is COc1nc(N)nc(-c2cncnc2)n1. The Labute approximate surface area is 85.4 Å². The first kappa shape index (κ1) is 9.25. The molecule has 0 unspecified atom stereocenters. The Kier molecular flexibility index (Phi) is 2.36. The molecule has 0 saturated carbocycles. The van der Waals surface area contributed by atoms with Crippen LogP contribution in [0.2, 0.25) is 0 Å². The highest BCUT2D eigenvalue weighted by Gasteiger charge is 2.06. The molecule has 0 aliphatic heterocycles. The van der Waals surface area contributed by atoms with Gasteiger partial charge >= 0.3 is 6.01 Å². The molecular weight excluding hydrogens is 196 g/mol. The standard InChI is InChI=1S/C8H8N6O/c1-15-8-13-6(12-7(9)14-8)5-2-10-4-11-3-5/h2-4H,1H3,(H2,9,12,13,14). The van der Waals surface area contributed by atoms with Gasteiger partial charge in [-0.25, -0.2) is 9.97 Å². The van der Waals surface area contributed by atoms with Crippen molar-refractivity contribution in [2.75, 3.05) is 12.8 Å². The molecule has 2 aromatic heterocycles. The second-order valence-corrected chi connectivity index (χ2v) is 2.63. The lowest BCUT2D eigenvalue weighted by atomic mass is 10.3. The van der Waals surface area contributed by atoms with E-state index in [2.05, 4.69) is 24.9 Å². The van der Waals surface area contributed by atoms with E-state index in [1.165, 1.54) is 13.4 Å². The predicted molar refractivity (Wildman–Crippen MR) is 51.8 cm³/mol. The molecule has 0 atom stereocenters. The molecule has 7 heteroatoms. The summed E-state index contributed by atoms with van der Waals surface area (Å²) in [7, 11) is 1.46. The molecule has 0 spiro atoms. The van der Waals surface area contributed by atoms with E-state index in [1.807, 2.05) is 0 Å². The van der Waals surface area contributed by atoms with Crippen molar-refractivity contribution in [2.24, 2.45) is 0 Å². The molecule has 7 nitrogen and oxygen atoms in total. The Morgan fingerprint density at radius 1 is 1.13 bits per heavy atom. The topological polar surface area (TPSA) is 99.7 Å². The molecule has 0 fully saturated rings. The summed E-state index contributed by atoms with van der Waals surface area (Å²) >= 11 is 0. The summed E-state index contributed by atoms with van der Waals surface area (Å²) in [5, 5.41) is 0. The maximum atomic E-state index is 5.49. The van der Waals surface area contributed by atoms with E-state index in [0.29, 0.717) is 11.4 Å². The molecule has 2 N–H and O–H groups in total. The molecule has 0 radical (unpaired) electrons. The Hall–Kier alpha value is -2.31. The summed E-state index contributed by atoms with van der Waals surface area (Å²) in [6, 6.07) is 0.168. The number of nitrogens with two attached hydrogens (primary N) is 1. The maximum Gasteiger partial charge on any atom is 0.321 e. The first-order valence-electron chi connectivity index (χ1n) is 4.10. The largest absolute Gasteiger partial charge is 0.467 e. The van der Waals surface area contributed by atoms with Gasteiger partial charge in [-0.05, 0) is 0 Å². The van der Waals surface area contributed by atoms with Gasteiger partial charge in [0.15, 0.2) is 5.82 Å². The second kappa shape index (κ2) is 3.82. The zero-order valence-corrected chi connectivity index (χ0v) is 7.95. The zero-order chi connectivity index (χ0) is 10.7. The van der Waals surface area contributed by atoms with Crippen LogP contribution in [-0.2, 0) is 0 Å². The Morgan fingerprint density at radius 2 is 1.87 bits per heavy atom. The predicted octanol–water partition coefficient (Wildman–Crippen LogP) is -0.0806. The van der Waals surface area contributed by atoms with Crippen molar-refractivity contribution in [3.63, 3.8) is 0 Å². The Morgan fingerprint density at radius 3 is 2.53 bits per heavy atom. The van der Waals surface area contributed by atoms with Gasteiger partial charge in [-0.15, -0.1) is 0 Å². The fourth-order valence-corrected chi connectivity index (χ4v) is 1.01. The number of nitrogen functional groups attached to an aromatic ring is 1. The van der Waals surface area contributed by atoms with Gasteiger partial charge in [-0.3, -0.25) is 0 Å². The smallest absolute Gasteiger partial charge is 0.321 e. The van der Waals surface area contributed by atoms with Crippen molar-refractivity contribution in [1.82, 2.24) is 24.9 Å². The van der Waals surface area contributed by atoms with E-state index in [0.717, 1.165) is 0 Å².